The molecular formula is C18H25NO3. The van der Waals surface area contributed by atoms with E-state index in [1.807, 2.05) is 31.7 Å². The highest BCUT2D eigenvalue weighted by atomic mass is 16.5. The van der Waals surface area contributed by atoms with Crippen molar-refractivity contribution in [2.75, 3.05) is 13.1 Å². The summed E-state index contributed by atoms with van der Waals surface area (Å²) < 4.78 is 11.6. The van der Waals surface area contributed by atoms with Crippen LogP contribution in [-0.2, 0) is 22.4 Å². The van der Waals surface area contributed by atoms with Gasteiger partial charge in [0.25, 0.3) is 5.91 Å². The first-order valence-corrected chi connectivity index (χ1v) is 8.25. The Hall–Kier alpha value is -1.55. The minimum atomic E-state index is -0.461. The SMILES string of the molecule is C[C@@H]1CN(C(=O)[C@H](C)Oc2ccc3c(c2)CCC3)C[C@H](C)O1. The summed E-state index contributed by atoms with van der Waals surface area (Å²) in [5, 5.41) is 0. The van der Waals surface area contributed by atoms with E-state index in [1.165, 1.54) is 17.5 Å². The van der Waals surface area contributed by atoms with E-state index in [1.54, 1.807) is 0 Å². The van der Waals surface area contributed by atoms with E-state index in [4.69, 9.17) is 9.47 Å². The summed E-state index contributed by atoms with van der Waals surface area (Å²) in [4.78, 5) is 14.4. The first-order chi connectivity index (χ1) is 10.5. The van der Waals surface area contributed by atoms with Crippen LogP contribution in [0.2, 0.25) is 0 Å². The van der Waals surface area contributed by atoms with Crippen LogP contribution in [0.4, 0.5) is 0 Å². The van der Waals surface area contributed by atoms with Crippen molar-refractivity contribution in [3.8, 4) is 5.75 Å². The van der Waals surface area contributed by atoms with Crippen molar-refractivity contribution < 1.29 is 14.3 Å². The minimum Gasteiger partial charge on any atom is -0.481 e. The van der Waals surface area contributed by atoms with Crippen LogP contribution in [0.25, 0.3) is 0 Å². The number of ether oxygens (including phenoxy) is 2. The third-order valence-electron chi connectivity index (χ3n) is 4.46. The van der Waals surface area contributed by atoms with Gasteiger partial charge in [-0.25, -0.2) is 0 Å². The van der Waals surface area contributed by atoms with E-state index < -0.39 is 6.10 Å². The number of morpholine rings is 1. The molecule has 1 aliphatic heterocycles. The molecule has 1 fully saturated rings. The Bertz CT molecular complexity index is 547. The number of fused-ring (bicyclic) bond motifs is 1. The van der Waals surface area contributed by atoms with Crippen molar-refractivity contribution in [1.82, 2.24) is 4.90 Å². The molecule has 0 aromatic heterocycles. The maximum Gasteiger partial charge on any atom is 0.263 e. The Morgan fingerprint density at radius 2 is 1.91 bits per heavy atom. The zero-order chi connectivity index (χ0) is 15.7. The average Bonchev–Trinajstić information content (AvgIpc) is 2.93. The van der Waals surface area contributed by atoms with Gasteiger partial charge >= 0.3 is 0 Å². The number of nitrogens with zero attached hydrogens (tertiary/aromatic N) is 1. The second kappa shape index (κ2) is 6.29. The van der Waals surface area contributed by atoms with Crippen molar-refractivity contribution >= 4 is 5.91 Å². The summed E-state index contributed by atoms with van der Waals surface area (Å²) in [6.45, 7) is 7.12. The minimum absolute atomic E-state index is 0.0440. The Morgan fingerprint density at radius 3 is 2.64 bits per heavy atom. The maximum atomic E-state index is 12.6. The third kappa shape index (κ3) is 3.27. The lowest BCUT2D eigenvalue weighted by molar-refractivity contribution is -0.149. The van der Waals surface area contributed by atoms with Crippen LogP contribution in [0.3, 0.4) is 0 Å². The fourth-order valence-electron chi connectivity index (χ4n) is 3.49. The van der Waals surface area contributed by atoms with E-state index in [9.17, 15) is 4.79 Å². The van der Waals surface area contributed by atoms with Gasteiger partial charge in [0.05, 0.1) is 12.2 Å². The van der Waals surface area contributed by atoms with Crippen LogP contribution < -0.4 is 4.74 Å². The lowest BCUT2D eigenvalue weighted by Crippen LogP contribution is -2.51. The molecule has 0 saturated carbocycles. The predicted octanol–water partition coefficient (Wildman–Crippen LogP) is 2.58. The van der Waals surface area contributed by atoms with Crippen LogP contribution in [-0.4, -0.2) is 42.2 Å². The van der Waals surface area contributed by atoms with E-state index in [0.29, 0.717) is 13.1 Å². The van der Waals surface area contributed by atoms with Crippen molar-refractivity contribution in [3.63, 3.8) is 0 Å². The summed E-state index contributed by atoms with van der Waals surface area (Å²) in [5.74, 6) is 0.846. The monoisotopic (exact) mass is 303 g/mol. The van der Waals surface area contributed by atoms with Crippen LogP contribution in [0.15, 0.2) is 18.2 Å². The number of carbonyl (C=O) groups is 1. The van der Waals surface area contributed by atoms with Gasteiger partial charge in [0, 0.05) is 13.1 Å². The van der Waals surface area contributed by atoms with Gasteiger partial charge < -0.3 is 14.4 Å². The average molecular weight is 303 g/mol. The van der Waals surface area contributed by atoms with Crippen molar-refractivity contribution in [1.29, 1.82) is 0 Å². The number of hydrogen-bond donors (Lipinski definition) is 0. The molecule has 4 heteroatoms. The molecule has 1 heterocycles. The molecule has 0 radical (unpaired) electrons. The molecular weight excluding hydrogens is 278 g/mol. The number of carbonyl (C=O) groups excluding carboxylic acids is 1. The molecule has 3 rings (SSSR count). The van der Waals surface area contributed by atoms with Gasteiger partial charge in [-0.1, -0.05) is 6.07 Å². The quantitative estimate of drug-likeness (QED) is 0.861. The van der Waals surface area contributed by atoms with Gasteiger partial charge in [0.2, 0.25) is 0 Å². The zero-order valence-electron chi connectivity index (χ0n) is 13.7. The molecule has 3 atom stereocenters. The van der Waals surface area contributed by atoms with Crippen molar-refractivity contribution in [2.24, 2.45) is 0 Å². The normalized spacial score (nSPS) is 25.7. The van der Waals surface area contributed by atoms with Crippen LogP contribution in [0.5, 0.6) is 5.75 Å². The first-order valence-electron chi connectivity index (χ1n) is 8.25. The molecule has 1 amide bonds. The van der Waals surface area contributed by atoms with Gasteiger partial charge in [-0.2, -0.15) is 0 Å². The van der Waals surface area contributed by atoms with Crippen molar-refractivity contribution in [3.05, 3.63) is 29.3 Å². The summed E-state index contributed by atoms with van der Waals surface area (Å²) in [6, 6.07) is 6.21. The molecule has 120 valence electrons. The van der Waals surface area contributed by atoms with E-state index >= 15 is 0 Å². The smallest absolute Gasteiger partial charge is 0.263 e. The third-order valence-corrected chi connectivity index (χ3v) is 4.46. The number of aryl methyl sites for hydroxylation is 2. The first kappa shape index (κ1) is 15.3. The predicted molar refractivity (Wildman–Crippen MR) is 85.1 cm³/mol. The molecule has 1 saturated heterocycles. The Labute approximate surface area is 132 Å². The second-order valence-corrected chi connectivity index (χ2v) is 6.54. The second-order valence-electron chi connectivity index (χ2n) is 6.54. The molecule has 4 nitrogen and oxygen atoms in total. The zero-order valence-corrected chi connectivity index (χ0v) is 13.7. The molecule has 0 N–H and O–H groups in total. The van der Waals surface area contributed by atoms with Crippen molar-refractivity contribution in [2.45, 2.75) is 58.3 Å². The summed E-state index contributed by atoms with van der Waals surface area (Å²) in [6.07, 6.45) is 3.20. The van der Waals surface area contributed by atoms with Crippen LogP contribution >= 0.6 is 0 Å². The molecule has 0 unspecified atom stereocenters. The number of rotatable bonds is 3. The maximum absolute atomic E-state index is 12.6. The van der Waals surface area contributed by atoms with E-state index in [0.717, 1.165) is 18.6 Å². The number of amides is 1. The number of hydrogen-bond acceptors (Lipinski definition) is 3. The lowest BCUT2D eigenvalue weighted by atomic mass is 10.1. The molecule has 0 bridgehead atoms. The fraction of sp³-hybridized carbons (Fsp3) is 0.611. The number of benzene rings is 1. The van der Waals surface area contributed by atoms with Gasteiger partial charge in [-0.15, -0.1) is 0 Å². The Balaban J connectivity index is 1.63. The summed E-state index contributed by atoms with van der Waals surface area (Å²) >= 11 is 0. The molecule has 22 heavy (non-hydrogen) atoms. The Morgan fingerprint density at radius 1 is 1.23 bits per heavy atom. The van der Waals surface area contributed by atoms with E-state index in [-0.39, 0.29) is 18.1 Å². The fourth-order valence-corrected chi connectivity index (χ4v) is 3.49. The molecule has 2 aliphatic rings. The van der Waals surface area contributed by atoms with Gasteiger partial charge in [-0.3, -0.25) is 4.79 Å². The molecule has 1 aromatic rings. The molecule has 0 spiro atoms. The molecule has 1 aliphatic carbocycles. The standard InChI is InChI=1S/C18H25NO3/c1-12-10-19(11-13(2)21-12)18(20)14(3)22-17-8-7-15-5-4-6-16(15)9-17/h7-9,12-14H,4-6,10-11H2,1-3H3/t12-,13+,14-/m0/s1. The lowest BCUT2D eigenvalue weighted by Gasteiger charge is -2.36. The summed E-state index contributed by atoms with van der Waals surface area (Å²) in [7, 11) is 0. The largest absolute Gasteiger partial charge is 0.481 e. The van der Waals surface area contributed by atoms with Gasteiger partial charge in [-0.05, 0) is 63.3 Å². The van der Waals surface area contributed by atoms with Crippen LogP contribution in [0.1, 0.15) is 38.3 Å². The summed E-state index contributed by atoms with van der Waals surface area (Å²) in [5.41, 5.74) is 2.79. The van der Waals surface area contributed by atoms with Crippen LogP contribution in [0, 0.1) is 0 Å². The molecule has 1 aromatic carbocycles. The highest BCUT2D eigenvalue weighted by Crippen LogP contribution is 2.26. The highest BCUT2D eigenvalue weighted by Gasteiger charge is 2.29. The topological polar surface area (TPSA) is 38.8 Å². The van der Waals surface area contributed by atoms with E-state index in [2.05, 4.69) is 12.1 Å². The van der Waals surface area contributed by atoms with Gasteiger partial charge in [0.15, 0.2) is 6.10 Å². The highest BCUT2D eigenvalue weighted by molar-refractivity contribution is 5.81. The van der Waals surface area contributed by atoms with Gasteiger partial charge in [0.1, 0.15) is 5.75 Å². The Kier molecular flexibility index (Phi) is 4.39.